The number of para-hydroxylation sites is 1. The first kappa shape index (κ1) is 22.3. The Balaban J connectivity index is 1.88. The molecule has 0 atom stereocenters. The maximum atomic E-state index is 12.4. The molecule has 2 rings (SSSR count). The van der Waals surface area contributed by atoms with Crippen molar-refractivity contribution in [2.45, 2.75) is 45.1 Å². The van der Waals surface area contributed by atoms with Gasteiger partial charge in [0.15, 0.2) is 21.3 Å². The number of unbranched alkanes of at least 4 members (excludes halogenated alkanes) is 2. The molecular formula is C20H31NO6S. The fourth-order valence-electron chi connectivity index (χ4n) is 3.25. The number of hydrogen-bond acceptors (Lipinski definition) is 6. The number of carbonyl (C=O) groups is 1. The highest BCUT2D eigenvalue weighted by molar-refractivity contribution is 7.92. The van der Waals surface area contributed by atoms with Gasteiger partial charge in [-0.2, -0.15) is 0 Å². The minimum absolute atomic E-state index is 0.0831. The molecule has 1 aliphatic rings. The topological polar surface area (TPSA) is 82.1 Å². The predicted octanol–water partition coefficient (Wildman–Crippen LogP) is 2.68. The van der Waals surface area contributed by atoms with Crippen LogP contribution in [-0.4, -0.2) is 64.1 Å². The summed E-state index contributed by atoms with van der Waals surface area (Å²) in [5.41, 5.74) is 0. The molecule has 1 heterocycles. The van der Waals surface area contributed by atoms with Gasteiger partial charge in [0.05, 0.1) is 20.0 Å². The first-order valence-electron chi connectivity index (χ1n) is 9.76. The van der Waals surface area contributed by atoms with E-state index >= 15 is 0 Å². The number of amides is 1. The van der Waals surface area contributed by atoms with E-state index in [0.717, 1.165) is 12.8 Å². The van der Waals surface area contributed by atoms with Gasteiger partial charge in [-0.15, -0.1) is 0 Å². The minimum atomic E-state index is -3.34. The van der Waals surface area contributed by atoms with Crippen LogP contribution in [0.3, 0.4) is 0 Å². The summed E-state index contributed by atoms with van der Waals surface area (Å²) in [6.07, 6.45) is 3.60. The van der Waals surface area contributed by atoms with E-state index in [1.165, 1.54) is 0 Å². The van der Waals surface area contributed by atoms with Gasteiger partial charge in [0, 0.05) is 25.9 Å². The number of ether oxygens (including phenoxy) is 3. The summed E-state index contributed by atoms with van der Waals surface area (Å²) in [6, 6.07) is 5.44. The zero-order valence-electron chi connectivity index (χ0n) is 17.0. The van der Waals surface area contributed by atoms with Crippen molar-refractivity contribution in [1.29, 1.82) is 0 Å². The number of likely N-dealkylation sites (tertiary alicyclic amines) is 1. The summed E-state index contributed by atoms with van der Waals surface area (Å²) in [7, 11) is -0.191. The highest BCUT2D eigenvalue weighted by Gasteiger charge is 2.28. The van der Waals surface area contributed by atoms with Crippen LogP contribution in [-0.2, 0) is 14.6 Å². The van der Waals surface area contributed by atoms with Crippen LogP contribution in [0, 0.1) is 0 Å². The van der Waals surface area contributed by atoms with Crippen molar-refractivity contribution >= 4 is 15.7 Å². The lowest BCUT2D eigenvalue weighted by molar-refractivity contribution is -0.130. The molecule has 0 aliphatic carbocycles. The first-order chi connectivity index (χ1) is 13.4. The van der Waals surface area contributed by atoms with Crippen LogP contribution in [0.4, 0.5) is 0 Å². The molecule has 8 heteroatoms. The van der Waals surface area contributed by atoms with Crippen LogP contribution >= 0.6 is 0 Å². The van der Waals surface area contributed by atoms with Gasteiger partial charge in [-0.05, 0) is 18.6 Å². The average Bonchev–Trinajstić information content (AvgIpc) is 2.68. The number of rotatable bonds is 10. The van der Waals surface area contributed by atoms with Gasteiger partial charge < -0.3 is 19.1 Å². The number of piperidine rings is 1. The van der Waals surface area contributed by atoms with Gasteiger partial charge >= 0.3 is 0 Å². The van der Waals surface area contributed by atoms with Crippen LogP contribution in [0.2, 0.25) is 0 Å². The van der Waals surface area contributed by atoms with Gasteiger partial charge in [0.1, 0.15) is 11.9 Å². The third-order valence-electron chi connectivity index (χ3n) is 4.86. The number of carbonyl (C=O) groups excluding carboxylic acids is 1. The highest BCUT2D eigenvalue weighted by atomic mass is 32.2. The van der Waals surface area contributed by atoms with Crippen molar-refractivity contribution in [2.24, 2.45) is 0 Å². The van der Waals surface area contributed by atoms with Crippen LogP contribution in [0.15, 0.2) is 18.2 Å². The van der Waals surface area contributed by atoms with E-state index in [1.54, 1.807) is 31.3 Å². The molecule has 0 aromatic heterocycles. The monoisotopic (exact) mass is 413 g/mol. The summed E-state index contributed by atoms with van der Waals surface area (Å²) < 4.78 is 41.0. The number of hydrogen-bond donors (Lipinski definition) is 0. The number of benzene rings is 1. The third-order valence-corrected chi connectivity index (χ3v) is 6.46. The smallest absolute Gasteiger partial charge is 0.237 e. The predicted molar refractivity (Wildman–Crippen MR) is 108 cm³/mol. The summed E-state index contributed by atoms with van der Waals surface area (Å²) in [6.45, 7) is 2.97. The normalized spacial score (nSPS) is 15.3. The molecule has 1 amide bonds. The Labute approximate surface area is 167 Å². The van der Waals surface area contributed by atoms with Gasteiger partial charge in [0.25, 0.3) is 0 Å². The van der Waals surface area contributed by atoms with E-state index in [4.69, 9.17) is 14.2 Å². The molecule has 0 N–H and O–H groups in total. The standard InChI is InChI=1S/C20H31NO6S/c1-4-5-6-14-28(23,24)15-19(22)21-12-10-16(11-13-21)27-20-17(25-2)8-7-9-18(20)26-3/h7-9,16H,4-6,10-15H2,1-3H3. The van der Waals surface area contributed by atoms with E-state index in [9.17, 15) is 13.2 Å². The third kappa shape index (κ3) is 6.29. The molecule has 1 saturated heterocycles. The van der Waals surface area contributed by atoms with Crippen molar-refractivity contribution in [3.63, 3.8) is 0 Å². The number of methoxy groups -OCH3 is 2. The maximum Gasteiger partial charge on any atom is 0.237 e. The van der Waals surface area contributed by atoms with E-state index in [-0.39, 0.29) is 17.8 Å². The molecule has 7 nitrogen and oxygen atoms in total. The quantitative estimate of drug-likeness (QED) is 0.549. The Morgan fingerprint density at radius 1 is 1.11 bits per heavy atom. The molecular weight excluding hydrogens is 382 g/mol. The Morgan fingerprint density at radius 3 is 2.25 bits per heavy atom. The lowest BCUT2D eigenvalue weighted by Gasteiger charge is -2.32. The van der Waals surface area contributed by atoms with Crippen LogP contribution in [0.5, 0.6) is 17.2 Å². The van der Waals surface area contributed by atoms with Crippen molar-refractivity contribution < 1.29 is 27.4 Å². The lowest BCUT2D eigenvalue weighted by Crippen LogP contribution is -2.44. The Kier molecular flexibility index (Phi) is 8.41. The average molecular weight is 414 g/mol. The van der Waals surface area contributed by atoms with E-state index in [2.05, 4.69) is 0 Å². The Hall–Kier alpha value is -1.96. The van der Waals surface area contributed by atoms with Crippen LogP contribution in [0.25, 0.3) is 0 Å². The molecule has 0 radical (unpaired) electrons. The fraction of sp³-hybridized carbons (Fsp3) is 0.650. The van der Waals surface area contributed by atoms with E-state index in [0.29, 0.717) is 49.6 Å². The van der Waals surface area contributed by atoms with Crippen LogP contribution < -0.4 is 14.2 Å². The zero-order chi connectivity index (χ0) is 20.6. The summed E-state index contributed by atoms with van der Waals surface area (Å²) in [4.78, 5) is 14.0. The molecule has 1 aromatic rings. The van der Waals surface area contributed by atoms with Crippen molar-refractivity contribution in [3.05, 3.63) is 18.2 Å². The van der Waals surface area contributed by atoms with Gasteiger partial charge in [-0.1, -0.05) is 25.8 Å². The first-order valence-corrected chi connectivity index (χ1v) is 11.6. The molecule has 28 heavy (non-hydrogen) atoms. The van der Waals surface area contributed by atoms with E-state index in [1.807, 2.05) is 13.0 Å². The molecule has 1 fully saturated rings. The minimum Gasteiger partial charge on any atom is -0.493 e. The molecule has 0 bridgehead atoms. The summed E-state index contributed by atoms with van der Waals surface area (Å²) in [5.74, 6) is 1.11. The lowest BCUT2D eigenvalue weighted by atomic mass is 10.1. The van der Waals surface area contributed by atoms with Crippen molar-refractivity contribution in [2.75, 3.05) is 38.8 Å². The molecule has 0 unspecified atom stereocenters. The molecule has 1 aliphatic heterocycles. The second kappa shape index (κ2) is 10.5. The SMILES string of the molecule is CCCCCS(=O)(=O)CC(=O)N1CCC(Oc2c(OC)cccc2OC)CC1. The number of nitrogens with zero attached hydrogens (tertiary/aromatic N) is 1. The Bertz CT molecular complexity index is 719. The summed E-state index contributed by atoms with van der Waals surface area (Å²) in [5, 5.41) is 0. The fourth-order valence-corrected chi connectivity index (χ4v) is 4.59. The largest absolute Gasteiger partial charge is 0.493 e. The second-order valence-electron chi connectivity index (χ2n) is 6.99. The number of sulfone groups is 1. The van der Waals surface area contributed by atoms with Crippen molar-refractivity contribution in [1.82, 2.24) is 4.90 Å². The molecule has 158 valence electrons. The maximum absolute atomic E-state index is 12.4. The van der Waals surface area contributed by atoms with Gasteiger partial charge in [0.2, 0.25) is 11.7 Å². The second-order valence-corrected chi connectivity index (χ2v) is 9.17. The molecule has 0 spiro atoms. The zero-order valence-corrected chi connectivity index (χ0v) is 17.8. The van der Waals surface area contributed by atoms with E-state index < -0.39 is 15.6 Å². The molecule has 1 aromatic carbocycles. The molecule has 0 saturated carbocycles. The van der Waals surface area contributed by atoms with Crippen LogP contribution in [0.1, 0.15) is 39.0 Å². The Morgan fingerprint density at radius 2 is 1.71 bits per heavy atom. The van der Waals surface area contributed by atoms with Gasteiger partial charge in [-0.25, -0.2) is 8.42 Å². The summed E-state index contributed by atoms with van der Waals surface area (Å²) >= 11 is 0. The van der Waals surface area contributed by atoms with Gasteiger partial charge in [-0.3, -0.25) is 4.79 Å². The highest BCUT2D eigenvalue weighted by Crippen LogP contribution is 2.38. The van der Waals surface area contributed by atoms with Crippen molar-refractivity contribution in [3.8, 4) is 17.2 Å².